The molecule has 0 aliphatic carbocycles. The summed E-state index contributed by atoms with van der Waals surface area (Å²) in [5, 5.41) is 0. The Morgan fingerprint density at radius 3 is 1.65 bits per heavy atom. The molecule has 0 bridgehead atoms. The van der Waals surface area contributed by atoms with Gasteiger partial charge < -0.3 is 9.47 Å². The van der Waals surface area contributed by atoms with Gasteiger partial charge in [-0.25, -0.2) is 0 Å². The number of benzene rings is 2. The first-order valence-electron chi connectivity index (χ1n) is 6.12. The summed E-state index contributed by atoms with van der Waals surface area (Å²) in [6.45, 7) is 2.87. The Morgan fingerprint density at radius 2 is 1.20 bits per heavy atom. The summed E-state index contributed by atoms with van der Waals surface area (Å²) < 4.78 is 10.6. The Bertz CT molecular complexity index is 612. The maximum Gasteiger partial charge on any atom is 0.308 e. The van der Waals surface area contributed by atoms with Crippen molar-refractivity contribution in [1.82, 2.24) is 0 Å². The van der Waals surface area contributed by atoms with Crippen LogP contribution in [0, 0.1) is 0 Å². The Balaban J connectivity index is 2.06. The molecule has 2 aromatic rings. The number of carbonyl (C=O) groups excluding carboxylic acids is 2. The van der Waals surface area contributed by atoms with E-state index >= 15 is 0 Å². The smallest absolute Gasteiger partial charge is 0.308 e. The van der Waals surface area contributed by atoms with E-state index in [1.165, 1.54) is 13.8 Å². The van der Waals surface area contributed by atoms with Crippen LogP contribution in [0.1, 0.15) is 24.2 Å². The summed E-state index contributed by atoms with van der Waals surface area (Å²) in [5.74, 6) is 1.38. The lowest BCUT2D eigenvalue weighted by Crippen LogP contribution is -2.00. The van der Waals surface area contributed by atoms with Gasteiger partial charge in [-0.2, -0.15) is 0 Å². The third-order valence-corrected chi connectivity index (χ3v) is 2.58. The number of ketones is 1. The van der Waals surface area contributed by atoms with Crippen molar-refractivity contribution in [3.8, 4) is 17.2 Å². The molecule has 0 aliphatic heterocycles. The molecule has 0 radical (unpaired) electrons. The molecule has 102 valence electrons. The van der Waals surface area contributed by atoms with Crippen molar-refractivity contribution in [2.24, 2.45) is 0 Å². The molecular formula is C16H14O4. The van der Waals surface area contributed by atoms with Gasteiger partial charge in [-0.1, -0.05) is 0 Å². The first-order chi connectivity index (χ1) is 9.54. The fourth-order valence-corrected chi connectivity index (χ4v) is 1.64. The van der Waals surface area contributed by atoms with Crippen LogP contribution in [0.25, 0.3) is 0 Å². The third kappa shape index (κ3) is 3.68. The molecule has 0 saturated carbocycles. The average Bonchev–Trinajstić information content (AvgIpc) is 2.41. The predicted molar refractivity (Wildman–Crippen MR) is 74.3 cm³/mol. The summed E-state index contributed by atoms with van der Waals surface area (Å²) in [6.07, 6.45) is 0. The van der Waals surface area contributed by atoms with E-state index in [0.29, 0.717) is 22.8 Å². The quantitative estimate of drug-likeness (QED) is 0.484. The second-order valence-corrected chi connectivity index (χ2v) is 4.25. The zero-order valence-electron chi connectivity index (χ0n) is 11.3. The molecule has 2 aromatic carbocycles. The maximum atomic E-state index is 11.2. The zero-order chi connectivity index (χ0) is 14.5. The molecule has 4 nitrogen and oxygen atoms in total. The summed E-state index contributed by atoms with van der Waals surface area (Å²) in [5.41, 5.74) is 0.641. The van der Waals surface area contributed by atoms with Crippen LogP contribution in [0.4, 0.5) is 0 Å². The molecule has 0 aromatic heterocycles. The van der Waals surface area contributed by atoms with Crippen LogP contribution in [0.2, 0.25) is 0 Å². The van der Waals surface area contributed by atoms with Crippen LogP contribution in [0.3, 0.4) is 0 Å². The van der Waals surface area contributed by atoms with E-state index in [2.05, 4.69) is 0 Å². The van der Waals surface area contributed by atoms with Crippen molar-refractivity contribution >= 4 is 11.8 Å². The minimum atomic E-state index is -0.363. The number of Topliss-reactive ketones (excluding diaryl/α,β-unsaturated/α-hetero) is 1. The van der Waals surface area contributed by atoms with E-state index < -0.39 is 0 Å². The largest absolute Gasteiger partial charge is 0.457 e. The molecule has 0 N–H and O–H groups in total. The van der Waals surface area contributed by atoms with Crippen molar-refractivity contribution in [3.05, 3.63) is 54.1 Å². The van der Waals surface area contributed by atoms with Gasteiger partial charge in [0, 0.05) is 12.5 Å². The normalized spacial score (nSPS) is 9.90. The zero-order valence-corrected chi connectivity index (χ0v) is 11.3. The van der Waals surface area contributed by atoms with Gasteiger partial charge >= 0.3 is 5.97 Å². The average molecular weight is 270 g/mol. The van der Waals surface area contributed by atoms with Crippen molar-refractivity contribution in [2.45, 2.75) is 13.8 Å². The SMILES string of the molecule is CC(=O)Oc1ccc(Oc2ccc(C(C)=O)cc2)cc1. The van der Waals surface area contributed by atoms with Crippen molar-refractivity contribution in [2.75, 3.05) is 0 Å². The number of ether oxygens (including phenoxy) is 2. The molecular weight excluding hydrogens is 256 g/mol. The highest BCUT2D eigenvalue weighted by Crippen LogP contribution is 2.24. The molecule has 0 heterocycles. The van der Waals surface area contributed by atoms with E-state index in [1.807, 2.05) is 0 Å². The molecule has 0 spiro atoms. The van der Waals surface area contributed by atoms with E-state index in [-0.39, 0.29) is 11.8 Å². The van der Waals surface area contributed by atoms with Crippen LogP contribution in [-0.4, -0.2) is 11.8 Å². The van der Waals surface area contributed by atoms with E-state index in [4.69, 9.17) is 9.47 Å². The van der Waals surface area contributed by atoms with Gasteiger partial charge in [0.15, 0.2) is 5.78 Å². The monoisotopic (exact) mass is 270 g/mol. The molecule has 2 rings (SSSR count). The van der Waals surface area contributed by atoms with E-state index in [9.17, 15) is 9.59 Å². The second-order valence-electron chi connectivity index (χ2n) is 4.25. The predicted octanol–water partition coefficient (Wildman–Crippen LogP) is 3.61. The van der Waals surface area contributed by atoms with Crippen molar-refractivity contribution in [3.63, 3.8) is 0 Å². The lowest BCUT2D eigenvalue weighted by atomic mass is 10.1. The van der Waals surface area contributed by atoms with Crippen LogP contribution < -0.4 is 9.47 Å². The summed E-state index contributed by atoms with van der Waals surface area (Å²) in [7, 11) is 0. The van der Waals surface area contributed by atoms with Crippen LogP contribution in [-0.2, 0) is 4.79 Å². The summed E-state index contributed by atoms with van der Waals surface area (Å²) in [6, 6.07) is 13.6. The molecule has 0 unspecified atom stereocenters. The van der Waals surface area contributed by atoms with Gasteiger partial charge in [0.2, 0.25) is 0 Å². The highest BCUT2D eigenvalue weighted by atomic mass is 16.5. The number of carbonyl (C=O) groups is 2. The van der Waals surface area contributed by atoms with E-state index in [0.717, 1.165) is 0 Å². The Kier molecular flexibility index (Phi) is 4.15. The van der Waals surface area contributed by atoms with Gasteiger partial charge in [0.05, 0.1) is 0 Å². The second kappa shape index (κ2) is 6.02. The molecule has 0 saturated heterocycles. The number of hydrogen-bond donors (Lipinski definition) is 0. The third-order valence-electron chi connectivity index (χ3n) is 2.58. The molecule has 4 heteroatoms. The Hall–Kier alpha value is -2.62. The maximum absolute atomic E-state index is 11.2. The first kappa shape index (κ1) is 13.8. The summed E-state index contributed by atoms with van der Waals surface area (Å²) >= 11 is 0. The first-order valence-corrected chi connectivity index (χ1v) is 6.12. The Morgan fingerprint density at radius 1 is 0.750 bits per heavy atom. The van der Waals surface area contributed by atoms with Crippen LogP contribution >= 0.6 is 0 Å². The fourth-order valence-electron chi connectivity index (χ4n) is 1.64. The number of rotatable bonds is 4. The minimum Gasteiger partial charge on any atom is -0.457 e. The van der Waals surface area contributed by atoms with Gasteiger partial charge in [0.25, 0.3) is 0 Å². The highest BCUT2D eigenvalue weighted by molar-refractivity contribution is 5.94. The molecule has 0 fully saturated rings. The van der Waals surface area contributed by atoms with Crippen molar-refractivity contribution < 1.29 is 19.1 Å². The van der Waals surface area contributed by atoms with E-state index in [1.54, 1.807) is 48.5 Å². The topological polar surface area (TPSA) is 52.6 Å². The van der Waals surface area contributed by atoms with Gasteiger partial charge in [-0.15, -0.1) is 0 Å². The minimum absolute atomic E-state index is 0.0160. The van der Waals surface area contributed by atoms with Crippen LogP contribution in [0.5, 0.6) is 17.2 Å². The van der Waals surface area contributed by atoms with Gasteiger partial charge in [-0.3, -0.25) is 9.59 Å². The Labute approximate surface area is 116 Å². The van der Waals surface area contributed by atoms with Gasteiger partial charge in [-0.05, 0) is 55.5 Å². The van der Waals surface area contributed by atoms with Crippen LogP contribution in [0.15, 0.2) is 48.5 Å². The number of esters is 1. The van der Waals surface area contributed by atoms with Crippen molar-refractivity contribution in [1.29, 1.82) is 0 Å². The lowest BCUT2D eigenvalue weighted by molar-refractivity contribution is -0.131. The highest BCUT2D eigenvalue weighted by Gasteiger charge is 2.02. The summed E-state index contributed by atoms with van der Waals surface area (Å²) in [4.78, 5) is 22.0. The van der Waals surface area contributed by atoms with Gasteiger partial charge in [0.1, 0.15) is 17.2 Å². The lowest BCUT2D eigenvalue weighted by Gasteiger charge is -2.07. The standard InChI is InChI=1S/C16H14O4/c1-11(17)13-3-5-15(6-4-13)20-16-9-7-14(8-10-16)19-12(2)18/h3-10H,1-2H3. The molecule has 0 amide bonds. The molecule has 0 aliphatic rings. The molecule has 20 heavy (non-hydrogen) atoms. The molecule has 0 atom stereocenters. The number of hydrogen-bond acceptors (Lipinski definition) is 4. The fraction of sp³-hybridized carbons (Fsp3) is 0.125.